The van der Waals surface area contributed by atoms with Gasteiger partial charge in [0, 0.05) is 32.4 Å². The van der Waals surface area contributed by atoms with Crippen molar-refractivity contribution in [1.82, 2.24) is 5.32 Å². The number of nitriles is 1. The Morgan fingerprint density at radius 1 is 1.38 bits per heavy atom. The lowest BCUT2D eigenvalue weighted by Gasteiger charge is -2.40. The third-order valence-corrected chi connectivity index (χ3v) is 3.92. The molecular formula is C16H23N3O2. The molecule has 114 valence electrons. The largest absolute Gasteiger partial charge is 0.396 e. The third kappa shape index (κ3) is 4.18. The van der Waals surface area contributed by atoms with Crippen LogP contribution in [0.3, 0.4) is 0 Å². The van der Waals surface area contributed by atoms with Crippen molar-refractivity contribution in [2.75, 3.05) is 44.9 Å². The van der Waals surface area contributed by atoms with Gasteiger partial charge >= 0.3 is 0 Å². The standard InChI is InChI=1S/C16H23N3O2/c1-19(8-2-7-17)15-5-3-14(4-6-15)9-18-10-16(11-20)12-21-13-16/h3-6,18,20H,2,8-13H2,1H3. The molecule has 2 N–H and O–H groups in total. The molecule has 0 unspecified atom stereocenters. The first kappa shape index (κ1) is 15.8. The summed E-state index contributed by atoms with van der Waals surface area (Å²) in [6.45, 7) is 3.74. The highest BCUT2D eigenvalue weighted by atomic mass is 16.5. The zero-order valence-corrected chi connectivity index (χ0v) is 12.5. The minimum atomic E-state index is -0.0859. The first-order valence-corrected chi connectivity index (χ1v) is 7.25. The number of benzene rings is 1. The normalized spacial score (nSPS) is 16.0. The molecule has 1 saturated heterocycles. The van der Waals surface area contributed by atoms with E-state index in [9.17, 15) is 5.11 Å². The van der Waals surface area contributed by atoms with Crippen LogP contribution in [-0.2, 0) is 11.3 Å². The molecule has 0 aliphatic carbocycles. The highest BCUT2D eigenvalue weighted by molar-refractivity contribution is 5.46. The van der Waals surface area contributed by atoms with Crippen LogP contribution in [0.15, 0.2) is 24.3 Å². The van der Waals surface area contributed by atoms with E-state index in [2.05, 4.69) is 40.6 Å². The van der Waals surface area contributed by atoms with Gasteiger partial charge in [-0.05, 0) is 17.7 Å². The van der Waals surface area contributed by atoms with Gasteiger partial charge in [0.05, 0.1) is 37.7 Å². The number of nitrogens with one attached hydrogen (secondary N) is 1. The van der Waals surface area contributed by atoms with Gasteiger partial charge in [0.25, 0.3) is 0 Å². The summed E-state index contributed by atoms with van der Waals surface area (Å²) in [7, 11) is 1.99. The molecule has 0 radical (unpaired) electrons. The monoisotopic (exact) mass is 289 g/mol. The topological polar surface area (TPSA) is 68.5 Å². The Morgan fingerprint density at radius 3 is 2.62 bits per heavy atom. The van der Waals surface area contributed by atoms with E-state index in [-0.39, 0.29) is 12.0 Å². The van der Waals surface area contributed by atoms with Crippen LogP contribution in [0, 0.1) is 16.7 Å². The maximum absolute atomic E-state index is 9.35. The Hall–Kier alpha value is -1.61. The summed E-state index contributed by atoms with van der Waals surface area (Å²) in [5.74, 6) is 0. The maximum Gasteiger partial charge on any atom is 0.0640 e. The molecule has 1 aliphatic rings. The molecule has 0 aromatic heterocycles. The predicted molar refractivity (Wildman–Crippen MR) is 82.0 cm³/mol. The Kier molecular flexibility index (Phi) is 5.57. The van der Waals surface area contributed by atoms with Crippen LogP contribution in [0.1, 0.15) is 12.0 Å². The average molecular weight is 289 g/mol. The SMILES string of the molecule is CN(CCC#N)c1ccc(CNCC2(CO)COC2)cc1. The van der Waals surface area contributed by atoms with Crippen molar-refractivity contribution in [1.29, 1.82) is 5.26 Å². The summed E-state index contributed by atoms with van der Waals surface area (Å²) in [5.41, 5.74) is 2.24. The zero-order chi connectivity index (χ0) is 15.1. The Morgan fingerprint density at radius 2 is 2.10 bits per heavy atom. The molecule has 0 atom stereocenters. The summed E-state index contributed by atoms with van der Waals surface area (Å²) in [4.78, 5) is 2.08. The van der Waals surface area contributed by atoms with Gasteiger partial charge in [-0.3, -0.25) is 0 Å². The van der Waals surface area contributed by atoms with Crippen LogP contribution < -0.4 is 10.2 Å². The molecule has 1 aliphatic heterocycles. The number of rotatable bonds is 8. The van der Waals surface area contributed by atoms with Crippen molar-refractivity contribution in [3.05, 3.63) is 29.8 Å². The van der Waals surface area contributed by atoms with Crippen molar-refractivity contribution in [3.63, 3.8) is 0 Å². The van der Waals surface area contributed by atoms with Crippen molar-refractivity contribution >= 4 is 5.69 Å². The second kappa shape index (κ2) is 7.41. The summed E-state index contributed by atoms with van der Waals surface area (Å²) in [5, 5.41) is 21.3. The lowest BCUT2D eigenvalue weighted by Crippen LogP contribution is -2.52. The third-order valence-electron chi connectivity index (χ3n) is 3.92. The number of hydrogen-bond donors (Lipinski definition) is 2. The van der Waals surface area contributed by atoms with Gasteiger partial charge in [-0.2, -0.15) is 5.26 Å². The van der Waals surface area contributed by atoms with Gasteiger partial charge in [0.1, 0.15) is 0 Å². The molecule has 2 rings (SSSR count). The highest BCUT2D eigenvalue weighted by Gasteiger charge is 2.37. The molecule has 0 amide bonds. The molecule has 0 saturated carbocycles. The molecule has 1 aromatic carbocycles. The fourth-order valence-electron chi connectivity index (χ4n) is 2.33. The minimum Gasteiger partial charge on any atom is -0.396 e. The van der Waals surface area contributed by atoms with Crippen molar-refractivity contribution in [3.8, 4) is 6.07 Å². The van der Waals surface area contributed by atoms with E-state index in [4.69, 9.17) is 10.00 Å². The van der Waals surface area contributed by atoms with Crippen molar-refractivity contribution < 1.29 is 9.84 Å². The Balaban J connectivity index is 1.78. The molecule has 1 fully saturated rings. The van der Waals surface area contributed by atoms with E-state index in [1.54, 1.807) is 0 Å². The van der Waals surface area contributed by atoms with Crippen LogP contribution in [0.5, 0.6) is 0 Å². The Labute approximate surface area is 126 Å². The van der Waals surface area contributed by atoms with Crippen LogP contribution in [-0.4, -0.2) is 45.1 Å². The lowest BCUT2D eigenvalue weighted by molar-refractivity contribution is -0.134. The number of aliphatic hydroxyl groups is 1. The maximum atomic E-state index is 9.35. The van der Waals surface area contributed by atoms with Gasteiger partial charge in [-0.15, -0.1) is 0 Å². The molecule has 5 nitrogen and oxygen atoms in total. The second-order valence-electron chi connectivity index (χ2n) is 5.75. The van der Waals surface area contributed by atoms with Gasteiger partial charge in [0.2, 0.25) is 0 Å². The van der Waals surface area contributed by atoms with Gasteiger partial charge < -0.3 is 20.1 Å². The summed E-state index contributed by atoms with van der Waals surface area (Å²) in [6.07, 6.45) is 0.533. The van der Waals surface area contributed by atoms with Crippen LogP contribution in [0.25, 0.3) is 0 Å². The van der Waals surface area contributed by atoms with Crippen LogP contribution in [0.2, 0.25) is 0 Å². The molecule has 0 bridgehead atoms. The molecule has 1 aromatic rings. The van der Waals surface area contributed by atoms with Gasteiger partial charge in [-0.1, -0.05) is 12.1 Å². The molecule has 0 spiro atoms. The first-order chi connectivity index (χ1) is 10.2. The van der Waals surface area contributed by atoms with E-state index in [1.165, 1.54) is 5.56 Å². The Bertz CT molecular complexity index is 472. The summed E-state index contributed by atoms with van der Waals surface area (Å²) < 4.78 is 5.18. The lowest BCUT2D eigenvalue weighted by atomic mass is 9.87. The number of anilines is 1. The number of hydrogen-bond acceptors (Lipinski definition) is 5. The van der Waals surface area contributed by atoms with E-state index in [0.717, 1.165) is 25.3 Å². The number of nitrogens with zero attached hydrogens (tertiary/aromatic N) is 2. The predicted octanol–water partition coefficient (Wildman–Crippen LogP) is 1.13. The van der Waals surface area contributed by atoms with E-state index in [1.807, 2.05) is 7.05 Å². The minimum absolute atomic E-state index is 0.0859. The van der Waals surface area contributed by atoms with Crippen LogP contribution >= 0.6 is 0 Å². The fraction of sp³-hybridized carbons (Fsp3) is 0.562. The van der Waals surface area contributed by atoms with E-state index >= 15 is 0 Å². The number of ether oxygens (including phenoxy) is 1. The van der Waals surface area contributed by atoms with Crippen molar-refractivity contribution in [2.24, 2.45) is 5.41 Å². The van der Waals surface area contributed by atoms with Gasteiger partial charge in [-0.25, -0.2) is 0 Å². The fourth-order valence-corrected chi connectivity index (χ4v) is 2.33. The van der Waals surface area contributed by atoms with Crippen LogP contribution in [0.4, 0.5) is 5.69 Å². The summed E-state index contributed by atoms with van der Waals surface area (Å²) >= 11 is 0. The van der Waals surface area contributed by atoms with E-state index < -0.39 is 0 Å². The first-order valence-electron chi connectivity index (χ1n) is 7.25. The van der Waals surface area contributed by atoms with Crippen molar-refractivity contribution in [2.45, 2.75) is 13.0 Å². The molecule has 1 heterocycles. The molecule has 5 heteroatoms. The average Bonchev–Trinajstić information content (AvgIpc) is 2.48. The van der Waals surface area contributed by atoms with E-state index in [0.29, 0.717) is 19.6 Å². The van der Waals surface area contributed by atoms with Gasteiger partial charge in [0.15, 0.2) is 0 Å². The summed E-state index contributed by atoms with van der Waals surface area (Å²) in [6, 6.07) is 10.5. The number of aliphatic hydroxyl groups excluding tert-OH is 1. The highest BCUT2D eigenvalue weighted by Crippen LogP contribution is 2.25. The smallest absolute Gasteiger partial charge is 0.0640 e. The zero-order valence-electron chi connectivity index (χ0n) is 12.5. The molecule has 21 heavy (non-hydrogen) atoms. The quantitative estimate of drug-likeness (QED) is 0.751. The second-order valence-corrected chi connectivity index (χ2v) is 5.75. The molecular weight excluding hydrogens is 266 g/mol.